The van der Waals surface area contributed by atoms with Crippen LogP contribution in [0.15, 0.2) is 77.4 Å². The Bertz CT molecular complexity index is 1190. The first-order chi connectivity index (χ1) is 14.1. The molecule has 2 heterocycles. The van der Waals surface area contributed by atoms with E-state index in [1.165, 1.54) is 24.3 Å². The molecule has 4 rings (SSSR count). The van der Waals surface area contributed by atoms with Crippen molar-refractivity contribution in [2.75, 3.05) is 5.32 Å². The Balaban J connectivity index is 1.63. The normalized spacial score (nSPS) is 10.5. The zero-order valence-electron chi connectivity index (χ0n) is 14.9. The van der Waals surface area contributed by atoms with Gasteiger partial charge in [0.25, 0.3) is 17.5 Å². The molecule has 0 atom stereocenters. The van der Waals surface area contributed by atoms with Crippen LogP contribution in [0.3, 0.4) is 0 Å². The molecule has 4 aromatic rings. The van der Waals surface area contributed by atoms with Gasteiger partial charge in [0.2, 0.25) is 5.82 Å². The minimum Gasteiger partial charge on any atom is -0.333 e. The smallest absolute Gasteiger partial charge is 0.270 e. The molecule has 2 aromatic carbocycles. The van der Waals surface area contributed by atoms with Crippen LogP contribution in [0.5, 0.6) is 0 Å². The third-order valence-electron chi connectivity index (χ3n) is 4.04. The van der Waals surface area contributed by atoms with Gasteiger partial charge in [-0.15, -0.1) is 0 Å². The van der Waals surface area contributed by atoms with E-state index in [9.17, 15) is 14.9 Å². The fourth-order valence-electron chi connectivity index (χ4n) is 2.67. The first-order valence-electron chi connectivity index (χ1n) is 8.52. The lowest BCUT2D eigenvalue weighted by atomic mass is 10.1. The van der Waals surface area contributed by atoms with Gasteiger partial charge in [-0.05, 0) is 30.3 Å². The second-order valence-electron chi connectivity index (χ2n) is 5.95. The zero-order chi connectivity index (χ0) is 20.2. The lowest BCUT2D eigenvalue weighted by Gasteiger charge is -2.08. The molecule has 0 aliphatic rings. The van der Waals surface area contributed by atoms with Crippen molar-refractivity contribution in [1.29, 1.82) is 0 Å². The number of carbonyl (C=O) groups excluding carboxylic acids is 1. The van der Waals surface area contributed by atoms with Gasteiger partial charge in [0, 0.05) is 23.9 Å². The topological polar surface area (TPSA) is 124 Å². The van der Waals surface area contributed by atoms with Gasteiger partial charge in [0.05, 0.1) is 16.2 Å². The third-order valence-corrected chi connectivity index (χ3v) is 4.04. The van der Waals surface area contributed by atoms with E-state index in [0.717, 1.165) is 0 Å². The number of amides is 1. The monoisotopic (exact) mass is 387 g/mol. The van der Waals surface area contributed by atoms with Crippen LogP contribution < -0.4 is 5.32 Å². The van der Waals surface area contributed by atoms with Crippen molar-refractivity contribution >= 4 is 17.3 Å². The summed E-state index contributed by atoms with van der Waals surface area (Å²) in [5, 5.41) is 17.6. The summed E-state index contributed by atoms with van der Waals surface area (Å²) in [4.78, 5) is 31.5. The molecule has 0 aliphatic heterocycles. The summed E-state index contributed by atoms with van der Waals surface area (Å²) in [6.45, 7) is 0. The molecule has 0 aliphatic carbocycles. The summed E-state index contributed by atoms with van der Waals surface area (Å²) in [6.07, 6.45) is 1.62. The summed E-state index contributed by atoms with van der Waals surface area (Å²) in [7, 11) is 0. The Labute approximate surface area is 164 Å². The summed E-state index contributed by atoms with van der Waals surface area (Å²) in [5.41, 5.74) is 1.50. The van der Waals surface area contributed by atoms with Gasteiger partial charge < -0.3 is 9.84 Å². The van der Waals surface area contributed by atoms with Gasteiger partial charge >= 0.3 is 0 Å². The number of nitrogens with one attached hydrogen (secondary N) is 1. The Morgan fingerprint density at radius 3 is 2.66 bits per heavy atom. The van der Waals surface area contributed by atoms with E-state index in [2.05, 4.69) is 20.4 Å². The molecule has 0 saturated heterocycles. The fourth-order valence-corrected chi connectivity index (χ4v) is 2.67. The maximum absolute atomic E-state index is 12.6. The van der Waals surface area contributed by atoms with E-state index in [4.69, 9.17) is 4.52 Å². The van der Waals surface area contributed by atoms with Gasteiger partial charge in [-0.2, -0.15) is 4.98 Å². The third kappa shape index (κ3) is 3.83. The number of rotatable bonds is 5. The molecule has 9 nitrogen and oxygen atoms in total. The fraction of sp³-hybridized carbons (Fsp3) is 0. The highest BCUT2D eigenvalue weighted by Crippen LogP contribution is 2.28. The number of nitrogens with zero attached hydrogens (tertiary/aromatic N) is 4. The Morgan fingerprint density at radius 2 is 1.86 bits per heavy atom. The predicted molar refractivity (Wildman–Crippen MR) is 104 cm³/mol. The second-order valence-corrected chi connectivity index (χ2v) is 5.95. The Hall–Kier alpha value is -4.40. The van der Waals surface area contributed by atoms with Crippen LogP contribution in [0.1, 0.15) is 10.4 Å². The average molecular weight is 387 g/mol. The van der Waals surface area contributed by atoms with E-state index >= 15 is 0 Å². The molecule has 0 fully saturated rings. The van der Waals surface area contributed by atoms with Crippen LogP contribution in [0.2, 0.25) is 0 Å². The SMILES string of the molecule is O=C(Nc1ccccc1-c1nc(-c2ccccn2)no1)c1cccc([N+](=O)[O-])c1. The van der Waals surface area contributed by atoms with E-state index in [1.54, 1.807) is 42.6 Å². The van der Waals surface area contributed by atoms with Gasteiger partial charge in [-0.25, -0.2) is 0 Å². The molecule has 0 bridgehead atoms. The van der Waals surface area contributed by atoms with Crippen molar-refractivity contribution in [3.05, 3.63) is 88.6 Å². The molecule has 0 radical (unpaired) electrons. The molecular weight excluding hydrogens is 374 g/mol. The van der Waals surface area contributed by atoms with E-state index in [1.807, 2.05) is 6.07 Å². The van der Waals surface area contributed by atoms with Gasteiger partial charge in [0.15, 0.2) is 0 Å². The molecule has 0 spiro atoms. The van der Waals surface area contributed by atoms with Crippen molar-refractivity contribution in [3.8, 4) is 23.0 Å². The molecular formula is C20H13N5O4. The quantitative estimate of drug-likeness (QED) is 0.406. The van der Waals surface area contributed by atoms with Crippen LogP contribution in [0.25, 0.3) is 23.0 Å². The highest BCUT2D eigenvalue weighted by atomic mass is 16.6. The number of non-ortho nitro benzene ring substituents is 1. The number of nitro groups is 1. The van der Waals surface area contributed by atoms with Crippen LogP contribution in [-0.4, -0.2) is 26.0 Å². The number of nitro benzene ring substituents is 1. The average Bonchev–Trinajstić information content (AvgIpc) is 3.25. The standard InChI is InChI=1S/C20H13N5O4/c26-19(13-6-5-7-14(12-13)25(27)28)22-16-9-2-1-8-15(16)20-23-18(24-29-20)17-10-3-4-11-21-17/h1-12H,(H,22,26). The summed E-state index contributed by atoms with van der Waals surface area (Å²) in [5.74, 6) is 0.0339. The Morgan fingerprint density at radius 1 is 1.03 bits per heavy atom. The maximum Gasteiger partial charge on any atom is 0.270 e. The number of aromatic nitrogens is 3. The second kappa shape index (κ2) is 7.69. The van der Waals surface area contributed by atoms with Crippen molar-refractivity contribution < 1.29 is 14.2 Å². The molecule has 142 valence electrons. The first-order valence-corrected chi connectivity index (χ1v) is 8.52. The van der Waals surface area contributed by atoms with Crippen molar-refractivity contribution in [2.24, 2.45) is 0 Å². The van der Waals surface area contributed by atoms with Crippen LogP contribution in [0, 0.1) is 10.1 Å². The highest BCUT2D eigenvalue weighted by molar-refractivity contribution is 6.06. The van der Waals surface area contributed by atoms with Crippen molar-refractivity contribution in [2.45, 2.75) is 0 Å². The summed E-state index contributed by atoms with van der Waals surface area (Å²) < 4.78 is 5.34. The molecule has 29 heavy (non-hydrogen) atoms. The van der Waals surface area contributed by atoms with E-state index in [-0.39, 0.29) is 17.1 Å². The highest BCUT2D eigenvalue weighted by Gasteiger charge is 2.17. The summed E-state index contributed by atoms with van der Waals surface area (Å²) >= 11 is 0. The number of benzene rings is 2. The molecule has 9 heteroatoms. The number of hydrogen-bond acceptors (Lipinski definition) is 7. The molecule has 0 saturated carbocycles. The largest absolute Gasteiger partial charge is 0.333 e. The minimum atomic E-state index is -0.553. The summed E-state index contributed by atoms with van der Waals surface area (Å²) in [6, 6.07) is 17.7. The first kappa shape index (κ1) is 18.0. The van der Waals surface area contributed by atoms with Crippen LogP contribution >= 0.6 is 0 Å². The van der Waals surface area contributed by atoms with E-state index < -0.39 is 10.8 Å². The molecule has 0 unspecified atom stereocenters. The molecule has 1 amide bonds. The van der Waals surface area contributed by atoms with Crippen molar-refractivity contribution in [1.82, 2.24) is 15.1 Å². The zero-order valence-corrected chi connectivity index (χ0v) is 14.9. The van der Waals surface area contributed by atoms with Crippen LogP contribution in [0.4, 0.5) is 11.4 Å². The molecule has 1 N–H and O–H groups in total. The number of anilines is 1. The van der Waals surface area contributed by atoms with Crippen LogP contribution in [-0.2, 0) is 0 Å². The Kier molecular flexibility index (Phi) is 4.77. The number of para-hydroxylation sites is 1. The van der Waals surface area contributed by atoms with Gasteiger partial charge in [-0.1, -0.05) is 29.4 Å². The van der Waals surface area contributed by atoms with Gasteiger partial charge in [0.1, 0.15) is 5.69 Å². The number of hydrogen-bond donors (Lipinski definition) is 1. The minimum absolute atomic E-state index is 0.161. The lowest BCUT2D eigenvalue weighted by molar-refractivity contribution is -0.384. The molecule has 2 aromatic heterocycles. The maximum atomic E-state index is 12.6. The van der Waals surface area contributed by atoms with E-state index in [0.29, 0.717) is 22.8 Å². The predicted octanol–water partition coefficient (Wildman–Crippen LogP) is 3.96. The van der Waals surface area contributed by atoms with Gasteiger partial charge in [-0.3, -0.25) is 19.9 Å². The number of pyridine rings is 1. The lowest BCUT2D eigenvalue weighted by Crippen LogP contribution is -2.12. The number of carbonyl (C=O) groups is 1. The van der Waals surface area contributed by atoms with Crippen molar-refractivity contribution in [3.63, 3.8) is 0 Å².